The summed E-state index contributed by atoms with van der Waals surface area (Å²) in [6.45, 7) is 6.73. The van der Waals surface area contributed by atoms with Crippen molar-refractivity contribution in [2.45, 2.75) is 33.2 Å². The number of rotatable bonds is 2. The van der Waals surface area contributed by atoms with Gasteiger partial charge in [0.25, 0.3) is 5.91 Å². The van der Waals surface area contributed by atoms with Crippen LogP contribution in [0.2, 0.25) is 0 Å². The topological polar surface area (TPSA) is 62.3 Å². The third kappa shape index (κ3) is 2.70. The Morgan fingerprint density at radius 2 is 2.25 bits per heavy atom. The average molecular weight is 340 g/mol. The van der Waals surface area contributed by atoms with Gasteiger partial charge in [0.15, 0.2) is 0 Å². The zero-order chi connectivity index (χ0) is 14.9. The third-order valence-electron chi connectivity index (χ3n) is 3.60. The van der Waals surface area contributed by atoms with Crippen molar-refractivity contribution in [1.82, 2.24) is 15.2 Å². The minimum atomic E-state index is -0.411. The lowest BCUT2D eigenvalue weighted by Crippen LogP contribution is -2.57. The Bertz CT molecular complexity index is 560. The lowest BCUT2D eigenvalue weighted by molar-refractivity contribution is -0.127. The van der Waals surface area contributed by atoms with Crippen molar-refractivity contribution in [1.29, 1.82) is 0 Å². The van der Waals surface area contributed by atoms with Crippen LogP contribution in [0.3, 0.4) is 0 Å². The number of piperazine rings is 1. The van der Waals surface area contributed by atoms with Gasteiger partial charge in [-0.05, 0) is 47.8 Å². The number of aryl methyl sites for hydroxylation is 2. The van der Waals surface area contributed by atoms with Gasteiger partial charge in [0, 0.05) is 23.3 Å². The molecule has 0 spiro atoms. The maximum absolute atomic E-state index is 12.7. The monoisotopic (exact) mass is 339 g/mol. The first-order chi connectivity index (χ1) is 9.45. The molecule has 1 aliphatic heterocycles. The van der Waals surface area contributed by atoms with Crippen molar-refractivity contribution < 1.29 is 9.59 Å². The Balaban J connectivity index is 2.35. The molecule has 0 aliphatic carbocycles. The molecule has 0 bridgehead atoms. The molecule has 1 unspecified atom stereocenters. The highest BCUT2D eigenvalue weighted by molar-refractivity contribution is 9.10. The molecule has 5 nitrogen and oxygen atoms in total. The van der Waals surface area contributed by atoms with Crippen LogP contribution in [-0.4, -0.2) is 40.8 Å². The molecule has 0 aromatic carbocycles. The van der Waals surface area contributed by atoms with Crippen molar-refractivity contribution in [3.8, 4) is 0 Å². The number of hydrogen-bond donors (Lipinski definition) is 1. The molecule has 0 radical (unpaired) electrons. The second-order valence-corrected chi connectivity index (χ2v) is 5.79. The summed E-state index contributed by atoms with van der Waals surface area (Å²) >= 11 is 3.39. The Kier molecular flexibility index (Phi) is 4.42. The third-order valence-corrected chi connectivity index (χ3v) is 4.21. The molecule has 108 valence electrons. The normalized spacial score (nSPS) is 18.9. The van der Waals surface area contributed by atoms with Gasteiger partial charge >= 0.3 is 0 Å². The van der Waals surface area contributed by atoms with Crippen molar-refractivity contribution in [2.75, 3.05) is 13.1 Å². The van der Waals surface area contributed by atoms with E-state index in [-0.39, 0.29) is 11.8 Å². The van der Waals surface area contributed by atoms with Crippen LogP contribution in [0.5, 0.6) is 0 Å². The molecule has 1 aromatic heterocycles. The lowest BCUT2D eigenvalue weighted by Gasteiger charge is -2.34. The van der Waals surface area contributed by atoms with E-state index in [0.29, 0.717) is 29.7 Å². The molecule has 1 fully saturated rings. The van der Waals surface area contributed by atoms with Gasteiger partial charge < -0.3 is 10.2 Å². The molecule has 20 heavy (non-hydrogen) atoms. The summed E-state index contributed by atoms with van der Waals surface area (Å²) in [5.74, 6) is -0.284. The Hall–Kier alpha value is -1.43. The highest BCUT2D eigenvalue weighted by Gasteiger charge is 2.33. The van der Waals surface area contributed by atoms with Gasteiger partial charge in [-0.3, -0.25) is 9.59 Å². The van der Waals surface area contributed by atoms with Crippen LogP contribution < -0.4 is 5.32 Å². The van der Waals surface area contributed by atoms with Crippen LogP contribution in [-0.2, 0) is 4.79 Å². The van der Waals surface area contributed by atoms with Gasteiger partial charge in [0.2, 0.25) is 5.91 Å². The number of amides is 2. The minimum Gasteiger partial charge on any atom is -0.353 e. The van der Waals surface area contributed by atoms with Gasteiger partial charge in [-0.2, -0.15) is 0 Å². The summed E-state index contributed by atoms with van der Waals surface area (Å²) in [4.78, 5) is 30.5. The predicted octanol–water partition coefficient (Wildman–Crippen LogP) is 1.81. The molecule has 2 rings (SSSR count). The smallest absolute Gasteiger partial charge is 0.274 e. The number of nitrogens with zero attached hydrogens (tertiary/aromatic N) is 2. The molecule has 2 heterocycles. The molecule has 6 heteroatoms. The number of pyridine rings is 1. The number of hydrogen-bond acceptors (Lipinski definition) is 3. The minimum absolute atomic E-state index is 0.0907. The van der Waals surface area contributed by atoms with E-state index in [1.807, 2.05) is 26.8 Å². The SMILES string of the molecule is CCC1C(=O)NCCN1C(=O)c1nc(C)c(C)cc1Br. The van der Waals surface area contributed by atoms with Crippen LogP contribution in [0.15, 0.2) is 10.5 Å². The van der Waals surface area contributed by atoms with Gasteiger partial charge in [-0.25, -0.2) is 4.98 Å². The van der Waals surface area contributed by atoms with E-state index >= 15 is 0 Å². The molecule has 0 saturated carbocycles. The van der Waals surface area contributed by atoms with Crippen molar-refractivity contribution >= 4 is 27.7 Å². The van der Waals surface area contributed by atoms with Gasteiger partial charge in [0.05, 0.1) is 0 Å². The highest BCUT2D eigenvalue weighted by atomic mass is 79.9. The first kappa shape index (κ1) is 15.0. The van der Waals surface area contributed by atoms with Crippen molar-refractivity contribution in [2.24, 2.45) is 0 Å². The molecular weight excluding hydrogens is 322 g/mol. The van der Waals surface area contributed by atoms with E-state index in [1.54, 1.807) is 4.90 Å². The van der Waals surface area contributed by atoms with E-state index < -0.39 is 6.04 Å². The number of halogens is 1. The first-order valence-electron chi connectivity index (χ1n) is 6.68. The zero-order valence-electron chi connectivity index (χ0n) is 11.9. The fourth-order valence-electron chi connectivity index (χ4n) is 2.32. The van der Waals surface area contributed by atoms with Crippen molar-refractivity contribution in [3.05, 3.63) is 27.5 Å². The Morgan fingerprint density at radius 3 is 2.90 bits per heavy atom. The summed E-state index contributed by atoms with van der Waals surface area (Å²) < 4.78 is 0.673. The number of carbonyl (C=O) groups is 2. The van der Waals surface area contributed by atoms with Crippen LogP contribution in [0.1, 0.15) is 35.1 Å². The molecule has 1 aromatic rings. The van der Waals surface area contributed by atoms with Gasteiger partial charge in [-0.1, -0.05) is 6.92 Å². The molecule has 1 aliphatic rings. The lowest BCUT2D eigenvalue weighted by atomic mass is 10.1. The fraction of sp³-hybridized carbons (Fsp3) is 0.500. The van der Waals surface area contributed by atoms with Gasteiger partial charge in [0.1, 0.15) is 11.7 Å². The Labute approximate surface area is 126 Å². The van der Waals surface area contributed by atoms with E-state index in [1.165, 1.54) is 0 Å². The van der Waals surface area contributed by atoms with Crippen LogP contribution in [0, 0.1) is 13.8 Å². The van der Waals surface area contributed by atoms with Crippen LogP contribution in [0.4, 0.5) is 0 Å². The molecule has 1 N–H and O–H groups in total. The molecular formula is C14H18BrN3O2. The summed E-state index contributed by atoms with van der Waals surface area (Å²) in [5.41, 5.74) is 2.23. The first-order valence-corrected chi connectivity index (χ1v) is 7.47. The number of nitrogens with one attached hydrogen (secondary N) is 1. The summed E-state index contributed by atoms with van der Waals surface area (Å²) in [6.07, 6.45) is 0.597. The second-order valence-electron chi connectivity index (χ2n) is 4.93. The standard InChI is InChI=1S/C14H18BrN3O2/c1-4-11-13(19)16-5-6-18(11)14(20)12-10(15)7-8(2)9(3)17-12/h7,11H,4-6H2,1-3H3,(H,16,19). The molecule has 1 atom stereocenters. The Morgan fingerprint density at radius 1 is 1.55 bits per heavy atom. The summed E-state index contributed by atoms with van der Waals surface area (Å²) in [6, 6.07) is 1.48. The van der Waals surface area contributed by atoms with Gasteiger partial charge in [-0.15, -0.1) is 0 Å². The summed E-state index contributed by atoms with van der Waals surface area (Å²) in [7, 11) is 0. The van der Waals surface area contributed by atoms with E-state index in [2.05, 4.69) is 26.2 Å². The maximum Gasteiger partial charge on any atom is 0.274 e. The average Bonchev–Trinajstić information content (AvgIpc) is 2.41. The summed E-state index contributed by atoms with van der Waals surface area (Å²) in [5, 5.41) is 2.79. The maximum atomic E-state index is 12.7. The van der Waals surface area contributed by atoms with E-state index in [9.17, 15) is 9.59 Å². The van der Waals surface area contributed by atoms with Crippen LogP contribution >= 0.6 is 15.9 Å². The molecule has 2 amide bonds. The highest BCUT2D eigenvalue weighted by Crippen LogP contribution is 2.22. The number of carbonyl (C=O) groups excluding carboxylic acids is 2. The second kappa shape index (κ2) is 5.91. The van der Waals surface area contributed by atoms with Crippen molar-refractivity contribution in [3.63, 3.8) is 0 Å². The predicted molar refractivity (Wildman–Crippen MR) is 79.5 cm³/mol. The number of aromatic nitrogens is 1. The zero-order valence-corrected chi connectivity index (χ0v) is 13.5. The fourth-order valence-corrected chi connectivity index (χ4v) is 2.92. The van der Waals surface area contributed by atoms with E-state index in [4.69, 9.17) is 0 Å². The van der Waals surface area contributed by atoms with Crippen LogP contribution in [0.25, 0.3) is 0 Å². The quantitative estimate of drug-likeness (QED) is 0.893. The molecule has 1 saturated heterocycles. The van der Waals surface area contributed by atoms with E-state index in [0.717, 1.165) is 11.3 Å². The largest absolute Gasteiger partial charge is 0.353 e.